The predicted molar refractivity (Wildman–Crippen MR) is 116 cm³/mol. The summed E-state index contributed by atoms with van der Waals surface area (Å²) in [4.78, 5) is 42.5. The average molecular weight is 437 g/mol. The first-order valence-corrected chi connectivity index (χ1v) is 10.3. The predicted octanol–water partition coefficient (Wildman–Crippen LogP) is 3.23. The van der Waals surface area contributed by atoms with Crippen molar-refractivity contribution in [3.63, 3.8) is 0 Å². The van der Waals surface area contributed by atoms with Gasteiger partial charge >= 0.3 is 0 Å². The van der Waals surface area contributed by atoms with Gasteiger partial charge in [-0.25, -0.2) is 0 Å². The average Bonchev–Trinajstić information content (AvgIpc) is 3.29. The SMILES string of the molecule is COc1ccc2c(CC(=O)NCCN3C(=O)S/C(=C\c4cccnc4)C3=O)coc2c1. The number of nitrogens with one attached hydrogen (secondary N) is 1. The van der Waals surface area contributed by atoms with E-state index in [0.29, 0.717) is 16.2 Å². The number of thioether (sulfide) groups is 1. The van der Waals surface area contributed by atoms with Gasteiger partial charge in [0.2, 0.25) is 5.91 Å². The van der Waals surface area contributed by atoms with Gasteiger partial charge in [0.15, 0.2) is 0 Å². The number of carbonyl (C=O) groups excluding carboxylic acids is 3. The number of rotatable bonds is 7. The Hall–Kier alpha value is -3.59. The molecule has 158 valence electrons. The molecule has 0 atom stereocenters. The molecule has 31 heavy (non-hydrogen) atoms. The van der Waals surface area contributed by atoms with E-state index in [1.165, 1.54) is 0 Å². The van der Waals surface area contributed by atoms with Gasteiger partial charge in [0.25, 0.3) is 11.1 Å². The number of pyridine rings is 1. The number of hydrogen-bond acceptors (Lipinski definition) is 7. The minimum atomic E-state index is -0.372. The molecule has 0 aliphatic carbocycles. The normalized spacial score (nSPS) is 15.1. The molecule has 0 bridgehead atoms. The standard InChI is InChI=1S/C22H19N3O5S/c1-29-16-4-5-17-15(13-30-18(17)11-16)10-20(26)24-7-8-25-21(27)19(31-22(25)28)9-14-3-2-6-23-12-14/h2-6,9,11-13H,7-8,10H2,1H3,(H,24,26)/b19-9-. The third-order valence-corrected chi connectivity index (χ3v) is 5.63. The van der Waals surface area contributed by atoms with E-state index in [0.717, 1.165) is 33.2 Å². The molecule has 1 aliphatic rings. The summed E-state index contributed by atoms with van der Waals surface area (Å²) >= 11 is 0.879. The zero-order valence-electron chi connectivity index (χ0n) is 16.7. The van der Waals surface area contributed by atoms with Gasteiger partial charge in [-0.05, 0) is 41.6 Å². The number of methoxy groups -OCH3 is 1. The second-order valence-corrected chi connectivity index (χ2v) is 7.76. The van der Waals surface area contributed by atoms with E-state index in [9.17, 15) is 14.4 Å². The molecule has 4 rings (SSSR count). The number of ether oxygens (including phenoxy) is 1. The Kier molecular flexibility index (Phi) is 6.03. The van der Waals surface area contributed by atoms with Crippen LogP contribution in [0.1, 0.15) is 11.1 Å². The molecule has 0 unspecified atom stereocenters. The van der Waals surface area contributed by atoms with Crippen LogP contribution in [-0.2, 0) is 16.0 Å². The highest BCUT2D eigenvalue weighted by Gasteiger charge is 2.34. The van der Waals surface area contributed by atoms with Crippen molar-refractivity contribution in [1.29, 1.82) is 0 Å². The molecular formula is C22H19N3O5S. The van der Waals surface area contributed by atoms with Crippen molar-refractivity contribution in [2.45, 2.75) is 6.42 Å². The fourth-order valence-corrected chi connectivity index (χ4v) is 4.04. The molecule has 8 nitrogen and oxygen atoms in total. The number of furan rings is 1. The van der Waals surface area contributed by atoms with Crippen molar-refractivity contribution in [3.8, 4) is 5.75 Å². The number of benzene rings is 1. The molecule has 1 N–H and O–H groups in total. The zero-order valence-corrected chi connectivity index (χ0v) is 17.5. The van der Waals surface area contributed by atoms with Gasteiger partial charge in [-0.1, -0.05) is 6.07 Å². The number of fused-ring (bicyclic) bond motifs is 1. The third kappa shape index (κ3) is 4.61. The summed E-state index contributed by atoms with van der Waals surface area (Å²) in [6.07, 6.45) is 6.56. The van der Waals surface area contributed by atoms with Crippen LogP contribution in [0.4, 0.5) is 4.79 Å². The lowest BCUT2D eigenvalue weighted by atomic mass is 10.1. The molecule has 0 saturated carbocycles. The maximum atomic E-state index is 12.5. The van der Waals surface area contributed by atoms with E-state index < -0.39 is 0 Å². The van der Waals surface area contributed by atoms with E-state index >= 15 is 0 Å². The van der Waals surface area contributed by atoms with Crippen LogP contribution in [0.15, 0.2) is 58.3 Å². The topological polar surface area (TPSA) is 102 Å². The maximum Gasteiger partial charge on any atom is 0.293 e. The minimum absolute atomic E-state index is 0.101. The summed E-state index contributed by atoms with van der Waals surface area (Å²) in [6, 6.07) is 8.96. The lowest BCUT2D eigenvalue weighted by Crippen LogP contribution is -2.37. The van der Waals surface area contributed by atoms with Crippen LogP contribution < -0.4 is 10.1 Å². The number of aromatic nitrogens is 1. The first-order valence-electron chi connectivity index (χ1n) is 9.51. The second kappa shape index (κ2) is 9.05. The van der Waals surface area contributed by atoms with E-state index in [1.54, 1.807) is 56.1 Å². The summed E-state index contributed by atoms with van der Waals surface area (Å²) in [5.41, 5.74) is 2.13. The Morgan fingerprint density at radius 2 is 2.19 bits per heavy atom. The van der Waals surface area contributed by atoms with Gasteiger partial charge in [0.05, 0.1) is 24.7 Å². The number of amides is 3. The zero-order chi connectivity index (χ0) is 21.8. The number of nitrogens with zero attached hydrogens (tertiary/aromatic N) is 2. The summed E-state index contributed by atoms with van der Waals surface area (Å²) in [5, 5.41) is 3.23. The first-order chi connectivity index (χ1) is 15.0. The van der Waals surface area contributed by atoms with Crippen LogP contribution in [0, 0.1) is 0 Å². The molecule has 0 radical (unpaired) electrons. The largest absolute Gasteiger partial charge is 0.497 e. The molecule has 3 amide bonds. The van der Waals surface area contributed by atoms with Crippen molar-refractivity contribution in [3.05, 3.63) is 65.0 Å². The van der Waals surface area contributed by atoms with Crippen molar-refractivity contribution in [2.24, 2.45) is 0 Å². The van der Waals surface area contributed by atoms with Crippen molar-refractivity contribution in [2.75, 3.05) is 20.2 Å². The van der Waals surface area contributed by atoms with Crippen LogP contribution in [0.25, 0.3) is 17.0 Å². The second-order valence-electron chi connectivity index (χ2n) is 6.77. The number of hydrogen-bond donors (Lipinski definition) is 1. The Balaban J connectivity index is 1.32. The molecule has 1 fully saturated rings. The molecule has 1 aliphatic heterocycles. The Labute approximate surface area is 182 Å². The highest BCUT2D eigenvalue weighted by atomic mass is 32.2. The van der Waals surface area contributed by atoms with Crippen molar-refractivity contribution >= 4 is 45.9 Å². The smallest absolute Gasteiger partial charge is 0.293 e. The van der Waals surface area contributed by atoms with Gasteiger partial charge < -0.3 is 14.5 Å². The Morgan fingerprint density at radius 1 is 1.32 bits per heavy atom. The summed E-state index contributed by atoms with van der Waals surface area (Å²) in [7, 11) is 1.57. The van der Waals surface area contributed by atoms with E-state index in [4.69, 9.17) is 9.15 Å². The lowest BCUT2D eigenvalue weighted by Gasteiger charge is -2.12. The molecular weight excluding hydrogens is 418 g/mol. The Morgan fingerprint density at radius 3 is 2.97 bits per heavy atom. The summed E-state index contributed by atoms with van der Waals surface area (Å²) < 4.78 is 10.7. The van der Waals surface area contributed by atoms with Gasteiger partial charge in [0, 0.05) is 42.5 Å². The third-order valence-electron chi connectivity index (χ3n) is 4.73. The molecule has 0 spiro atoms. The quantitative estimate of drug-likeness (QED) is 0.566. The highest BCUT2D eigenvalue weighted by molar-refractivity contribution is 8.18. The molecule has 2 aromatic heterocycles. The minimum Gasteiger partial charge on any atom is -0.497 e. The van der Waals surface area contributed by atoms with Gasteiger partial charge in [-0.2, -0.15) is 0 Å². The van der Waals surface area contributed by atoms with E-state index in [-0.39, 0.29) is 36.6 Å². The van der Waals surface area contributed by atoms with Crippen molar-refractivity contribution < 1.29 is 23.5 Å². The van der Waals surface area contributed by atoms with Crippen LogP contribution in [0.5, 0.6) is 5.75 Å². The van der Waals surface area contributed by atoms with Crippen LogP contribution in [0.2, 0.25) is 0 Å². The Bertz CT molecular complexity index is 1170. The highest BCUT2D eigenvalue weighted by Crippen LogP contribution is 2.31. The van der Waals surface area contributed by atoms with Crippen LogP contribution in [0.3, 0.4) is 0 Å². The van der Waals surface area contributed by atoms with E-state index in [2.05, 4.69) is 10.3 Å². The lowest BCUT2D eigenvalue weighted by molar-refractivity contribution is -0.124. The monoisotopic (exact) mass is 437 g/mol. The summed E-state index contributed by atoms with van der Waals surface area (Å²) in [5.74, 6) is 0.0758. The van der Waals surface area contributed by atoms with Crippen LogP contribution >= 0.6 is 11.8 Å². The first kappa shape index (κ1) is 20.7. The fourth-order valence-electron chi connectivity index (χ4n) is 3.18. The molecule has 1 saturated heterocycles. The van der Waals surface area contributed by atoms with Gasteiger partial charge in [-0.3, -0.25) is 24.3 Å². The maximum absolute atomic E-state index is 12.5. The molecule has 3 heterocycles. The van der Waals surface area contributed by atoms with Crippen molar-refractivity contribution in [1.82, 2.24) is 15.2 Å². The fraction of sp³-hybridized carbons (Fsp3) is 0.182. The van der Waals surface area contributed by atoms with Gasteiger partial charge in [-0.15, -0.1) is 0 Å². The summed E-state index contributed by atoms with van der Waals surface area (Å²) in [6.45, 7) is 0.269. The van der Waals surface area contributed by atoms with E-state index in [1.807, 2.05) is 6.07 Å². The molecule has 3 aromatic rings. The molecule has 1 aromatic carbocycles. The number of carbonyl (C=O) groups is 3. The van der Waals surface area contributed by atoms with Gasteiger partial charge in [0.1, 0.15) is 11.3 Å². The number of imide groups is 1. The van der Waals surface area contributed by atoms with Crippen LogP contribution in [-0.4, -0.2) is 47.1 Å². The molecule has 9 heteroatoms.